The van der Waals surface area contributed by atoms with Gasteiger partial charge in [-0.2, -0.15) is 0 Å². The Hall–Kier alpha value is -1.56. The molecule has 15 heavy (non-hydrogen) atoms. The molecule has 0 heteroatoms. The number of benzene rings is 2. The number of rotatable bonds is 2. The molecule has 2 aromatic rings. The molecular formula is C15H16. The van der Waals surface area contributed by atoms with Crippen LogP contribution in [0.2, 0.25) is 0 Å². The zero-order chi connectivity index (χ0) is 10.7. The molecule has 0 saturated heterocycles. The lowest BCUT2D eigenvalue weighted by atomic mass is 10.0. The molecule has 0 radical (unpaired) electrons. The quantitative estimate of drug-likeness (QED) is 0.663. The normalized spacial score (nSPS) is 11.7. The lowest BCUT2D eigenvalue weighted by Gasteiger charge is -2.02. The molecule has 0 fully saturated rings. The summed E-state index contributed by atoms with van der Waals surface area (Å²) in [7, 11) is 0. The molecule has 0 unspecified atom stereocenters. The molecule has 0 amide bonds. The zero-order valence-electron chi connectivity index (χ0n) is 9.27. The van der Waals surface area contributed by atoms with Crippen LogP contribution in [0.4, 0.5) is 0 Å². The molecule has 0 aliphatic carbocycles. The van der Waals surface area contributed by atoms with Gasteiger partial charge in [-0.25, -0.2) is 0 Å². The van der Waals surface area contributed by atoms with Gasteiger partial charge in [0.05, 0.1) is 0 Å². The van der Waals surface area contributed by atoms with Crippen molar-refractivity contribution in [3.63, 3.8) is 0 Å². The van der Waals surface area contributed by atoms with Crippen LogP contribution in [0.3, 0.4) is 0 Å². The maximum atomic E-state index is 2.24. The predicted octanol–water partition coefficient (Wildman–Crippen LogP) is 4.51. The summed E-state index contributed by atoms with van der Waals surface area (Å²) in [6, 6.07) is 14.9. The summed E-state index contributed by atoms with van der Waals surface area (Å²) in [6.45, 7) is 4.39. The van der Waals surface area contributed by atoms with E-state index in [9.17, 15) is 0 Å². The van der Waals surface area contributed by atoms with Gasteiger partial charge in [-0.15, -0.1) is 0 Å². The number of hydrogen-bond acceptors (Lipinski definition) is 0. The fourth-order valence-electron chi connectivity index (χ4n) is 1.69. The van der Waals surface area contributed by atoms with E-state index in [1.165, 1.54) is 16.3 Å². The Labute approximate surface area is 91.2 Å². The monoisotopic (exact) mass is 196 g/mol. The largest absolute Gasteiger partial charge is 0.0814 e. The summed E-state index contributed by atoms with van der Waals surface area (Å²) < 4.78 is 0. The minimum Gasteiger partial charge on any atom is -0.0814 e. The molecule has 0 N–H and O–H groups in total. The predicted molar refractivity (Wildman–Crippen MR) is 67.8 cm³/mol. The molecular weight excluding hydrogens is 180 g/mol. The molecule has 0 nitrogen and oxygen atoms in total. The SMILES string of the molecule is CC(C)C=Cc1cccc2ccccc12. The molecule has 0 heterocycles. The highest BCUT2D eigenvalue weighted by Crippen LogP contribution is 2.19. The van der Waals surface area contributed by atoms with Gasteiger partial charge in [0.25, 0.3) is 0 Å². The summed E-state index contributed by atoms with van der Waals surface area (Å²) in [5.41, 5.74) is 1.31. The summed E-state index contributed by atoms with van der Waals surface area (Å²) >= 11 is 0. The van der Waals surface area contributed by atoms with Gasteiger partial charge in [0.1, 0.15) is 0 Å². The third-order valence-corrected chi connectivity index (χ3v) is 2.48. The average Bonchev–Trinajstić information content (AvgIpc) is 2.26. The topological polar surface area (TPSA) is 0 Å². The van der Waals surface area contributed by atoms with E-state index in [1.807, 2.05) is 0 Å². The van der Waals surface area contributed by atoms with Crippen LogP contribution in [0, 0.1) is 5.92 Å². The minimum absolute atomic E-state index is 0.601. The summed E-state index contributed by atoms with van der Waals surface area (Å²) in [6.07, 6.45) is 4.45. The smallest absolute Gasteiger partial charge is 0.0112 e. The van der Waals surface area contributed by atoms with Crippen molar-refractivity contribution >= 4 is 16.8 Å². The zero-order valence-corrected chi connectivity index (χ0v) is 9.27. The second-order valence-electron chi connectivity index (χ2n) is 4.17. The van der Waals surface area contributed by atoms with Crippen molar-refractivity contribution in [1.29, 1.82) is 0 Å². The van der Waals surface area contributed by atoms with E-state index in [4.69, 9.17) is 0 Å². The van der Waals surface area contributed by atoms with Crippen LogP contribution in [0.25, 0.3) is 16.8 Å². The van der Waals surface area contributed by atoms with Gasteiger partial charge in [0.2, 0.25) is 0 Å². The van der Waals surface area contributed by atoms with Crippen molar-refractivity contribution in [3.05, 3.63) is 54.1 Å². The van der Waals surface area contributed by atoms with Crippen LogP contribution >= 0.6 is 0 Å². The lowest BCUT2D eigenvalue weighted by Crippen LogP contribution is -1.80. The van der Waals surface area contributed by atoms with Crippen LogP contribution < -0.4 is 0 Å². The summed E-state index contributed by atoms with van der Waals surface area (Å²) in [5.74, 6) is 0.601. The summed E-state index contributed by atoms with van der Waals surface area (Å²) in [4.78, 5) is 0. The molecule has 0 spiro atoms. The highest BCUT2D eigenvalue weighted by molar-refractivity contribution is 5.90. The van der Waals surface area contributed by atoms with Gasteiger partial charge in [-0.3, -0.25) is 0 Å². The molecule has 76 valence electrons. The van der Waals surface area contributed by atoms with Gasteiger partial charge in [-0.05, 0) is 22.3 Å². The molecule has 0 aliphatic rings. The third-order valence-electron chi connectivity index (χ3n) is 2.48. The van der Waals surface area contributed by atoms with E-state index in [0.717, 1.165) is 0 Å². The van der Waals surface area contributed by atoms with Gasteiger partial charge in [-0.1, -0.05) is 68.5 Å². The first kappa shape index (κ1) is 9.97. The first-order valence-corrected chi connectivity index (χ1v) is 5.43. The number of hydrogen-bond donors (Lipinski definition) is 0. The first-order chi connectivity index (χ1) is 7.27. The minimum atomic E-state index is 0.601. The van der Waals surface area contributed by atoms with Crippen molar-refractivity contribution < 1.29 is 0 Å². The van der Waals surface area contributed by atoms with Crippen LogP contribution in [0.1, 0.15) is 19.4 Å². The van der Waals surface area contributed by atoms with Crippen molar-refractivity contribution in [3.8, 4) is 0 Å². The summed E-state index contributed by atoms with van der Waals surface area (Å²) in [5, 5.41) is 2.64. The molecule has 0 aliphatic heterocycles. The molecule has 0 bridgehead atoms. The van der Waals surface area contributed by atoms with Gasteiger partial charge < -0.3 is 0 Å². The fraction of sp³-hybridized carbons (Fsp3) is 0.200. The Morgan fingerprint density at radius 2 is 1.67 bits per heavy atom. The van der Waals surface area contributed by atoms with E-state index in [-0.39, 0.29) is 0 Å². The molecule has 2 aromatic carbocycles. The Balaban J connectivity index is 2.51. The maximum Gasteiger partial charge on any atom is -0.0112 e. The fourth-order valence-corrected chi connectivity index (χ4v) is 1.69. The van der Waals surface area contributed by atoms with Crippen molar-refractivity contribution in [1.82, 2.24) is 0 Å². The van der Waals surface area contributed by atoms with Crippen molar-refractivity contribution in [2.45, 2.75) is 13.8 Å². The van der Waals surface area contributed by atoms with E-state index in [1.54, 1.807) is 0 Å². The van der Waals surface area contributed by atoms with E-state index >= 15 is 0 Å². The van der Waals surface area contributed by atoms with Gasteiger partial charge in [0.15, 0.2) is 0 Å². The highest BCUT2D eigenvalue weighted by atomic mass is 14.0. The molecule has 0 saturated carbocycles. The standard InChI is InChI=1S/C15H16/c1-12(2)10-11-14-8-5-7-13-6-3-4-9-15(13)14/h3-12H,1-2H3. The lowest BCUT2D eigenvalue weighted by molar-refractivity contribution is 0.836. The van der Waals surface area contributed by atoms with Crippen LogP contribution in [-0.2, 0) is 0 Å². The van der Waals surface area contributed by atoms with E-state index in [0.29, 0.717) is 5.92 Å². The average molecular weight is 196 g/mol. The second kappa shape index (κ2) is 4.31. The Kier molecular flexibility index (Phi) is 2.86. The second-order valence-corrected chi connectivity index (χ2v) is 4.17. The highest BCUT2D eigenvalue weighted by Gasteiger charge is 1.96. The van der Waals surface area contributed by atoms with Crippen LogP contribution in [0.5, 0.6) is 0 Å². The van der Waals surface area contributed by atoms with Crippen LogP contribution in [-0.4, -0.2) is 0 Å². The Bertz CT molecular complexity index is 473. The molecule has 0 atom stereocenters. The number of fused-ring (bicyclic) bond motifs is 1. The molecule has 2 rings (SSSR count). The van der Waals surface area contributed by atoms with Gasteiger partial charge >= 0.3 is 0 Å². The van der Waals surface area contributed by atoms with E-state index < -0.39 is 0 Å². The maximum absolute atomic E-state index is 2.24. The Morgan fingerprint density at radius 3 is 2.47 bits per heavy atom. The van der Waals surface area contributed by atoms with Crippen molar-refractivity contribution in [2.24, 2.45) is 5.92 Å². The van der Waals surface area contributed by atoms with Crippen molar-refractivity contribution in [2.75, 3.05) is 0 Å². The van der Waals surface area contributed by atoms with E-state index in [2.05, 4.69) is 68.5 Å². The van der Waals surface area contributed by atoms with Crippen LogP contribution in [0.15, 0.2) is 48.5 Å². The Morgan fingerprint density at radius 1 is 0.933 bits per heavy atom. The first-order valence-electron chi connectivity index (χ1n) is 5.43. The molecule has 0 aromatic heterocycles. The number of allylic oxidation sites excluding steroid dienone is 1. The third kappa shape index (κ3) is 2.27. The van der Waals surface area contributed by atoms with Gasteiger partial charge in [0, 0.05) is 0 Å².